The minimum atomic E-state index is -1.05. The van der Waals surface area contributed by atoms with Crippen LogP contribution in [0.2, 0.25) is 0 Å². The summed E-state index contributed by atoms with van der Waals surface area (Å²) in [6, 6.07) is 5.99. The van der Waals surface area contributed by atoms with Gasteiger partial charge in [0.1, 0.15) is 13.2 Å². The van der Waals surface area contributed by atoms with Gasteiger partial charge in [-0.2, -0.15) is 0 Å². The zero-order valence-electron chi connectivity index (χ0n) is 19.3. The number of carbonyl (C=O) groups is 2. The minimum Gasteiger partial charge on any atom is -0.460 e. The molecule has 1 N–H and O–H groups in total. The maximum Gasteiger partial charge on any atom is 0.336 e. The first kappa shape index (κ1) is 26.0. The molecule has 0 spiro atoms. The fourth-order valence-corrected chi connectivity index (χ4v) is 3.57. The molecule has 1 heterocycles. The van der Waals surface area contributed by atoms with Gasteiger partial charge in [-0.15, -0.1) is 0 Å². The van der Waals surface area contributed by atoms with Crippen molar-refractivity contribution >= 4 is 17.6 Å². The highest BCUT2D eigenvalue weighted by molar-refractivity contribution is 6.00. The van der Waals surface area contributed by atoms with E-state index in [1.165, 1.54) is 18.2 Å². The molecule has 0 bridgehead atoms. The summed E-state index contributed by atoms with van der Waals surface area (Å²) in [6.07, 6.45) is 0. The Labute approximate surface area is 192 Å². The standard InChI is InChI=1S/C23H30N2O8/c1-5-30-11-13-32-22(26)19-15(3)24-16(4)20(23(27)33-14-12-31-6-2)21(19)17-9-7-8-10-18(17)25(28)29/h7-10,21,24H,5-6,11-14H2,1-4H3. The lowest BCUT2D eigenvalue weighted by molar-refractivity contribution is -0.385. The SMILES string of the molecule is CCOCCOC(=O)C1=C(C)NC(C)=C(C(=O)OCCOCC)C1c1ccccc1[N+](=O)[O-]. The summed E-state index contributed by atoms with van der Waals surface area (Å²) in [4.78, 5) is 37.4. The fraction of sp³-hybridized carbons (Fsp3) is 0.478. The van der Waals surface area contributed by atoms with Gasteiger partial charge in [0.05, 0.1) is 35.2 Å². The van der Waals surface area contributed by atoms with Crippen LogP contribution >= 0.6 is 0 Å². The molecule has 33 heavy (non-hydrogen) atoms. The molecule has 0 unspecified atom stereocenters. The molecule has 0 radical (unpaired) electrons. The first-order valence-corrected chi connectivity index (χ1v) is 10.7. The van der Waals surface area contributed by atoms with Gasteiger partial charge in [0.15, 0.2) is 0 Å². The van der Waals surface area contributed by atoms with E-state index in [1.807, 2.05) is 13.8 Å². The highest BCUT2D eigenvalue weighted by Gasteiger charge is 2.40. The molecule has 1 aromatic carbocycles. The highest BCUT2D eigenvalue weighted by atomic mass is 16.6. The van der Waals surface area contributed by atoms with E-state index in [0.29, 0.717) is 24.6 Å². The van der Waals surface area contributed by atoms with Crippen molar-refractivity contribution in [2.75, 3.05) is 39.6 Å². The average molecular weight is 462 g/mol. The molecular formula is C23H30N2O8. The summed E-state index contributed by atoms with van der Waals surface area (Å²) < 4.78 is 21.1. The lowest BCUT2D eigenvalue weighted by atomic mass is 9.79. The summed E-state index contributed by atoms with van der Waals surface area (Å²) in [5.74, 6) is -2.45. The normalized spacial score (nSPS) is 14.2. The number of rotatable bonds is 12. The summed E-state index contributed by atoms with van der Waals surface area (Å²) in [6.45, 7) is 8.32. The van der Waals surface area contributed by atoms with Crippen LogP contribution in [0.3, 0.4) is 0 Å². The largest absolute Gasteiger partial charge is 0.460 e. The quantitative estimate of drug-likeness (QED) is 0.216. The molecule has 0 aliphatic carbocycles. The van der Waals surface area contributed by atoms with Crippen LogP contribution in [0.4, 0.5) is 5.69 Å². The van der Waals surface area contributed by atoms with E-state index in [1.54, 1.807) is 19.9 Å². The Morgan fingerprint density at radius 3 is 1.85 bits per heavy atom. The summed E-state index contributed by atoms with van der Waals surface area (Å²) in [5.41, 5.74) is 1.04. The molecule has 1 aromatic rings. The van der Waals surface area contributed by atoms with E-state index in [0.717, 1.165) is 0 Å². The number of allylic oxidation sites excluding steroid dienone is 2. The molecule has 10 nitrogen and oxygen atoms in total. The number of carbonyl (C=O) groups excluding carboxylic acids is 2. The smallest absolute Gasteiger partial charge is 0.336 e. The van der Waals surface area contributed by atoms with Gasteiger partial charge in [-0.25, -0.2) is 9.59 Å². The molecule has 0 atom stereocenters. The zero-order valence-corrected chi connectivity index (χ0v) is 19.3. The van der Waals surface area contributed by atoms with E-state index < -0.39 is 22.8 Å². The minimum absolute atomic E-state index is 0.00386. The van der Waals surface area contributed by atoms with E-state index >= 15 is 0 Å². The van der Waals surface area contributed by atoms with Gasteiger partial charge in [-0.3, -0.25) is 10.1 Å². The van der Waals surface area contributed by atoms with Gasteiger partial charge in [0.2, 0.25) is 0 Å². The second-order valence-electron chi connectivity index (χ2n) is 7.12. The van der Waals surface area contributed by atoms with Crippen LogP contribution in [0.25, 0.3) is 0 Å². The monoisotopic (exact) mass is 462 g/mol. The van der Waals surface area contributed by atoms with Crippen molar-refractivity contribution in [1.82, 2.24) is 5.32 Å². The molecule has 0 aromatic heterocycles. The molecule has 0 saturated heterocycles. The third kappa shape index (κ3) is 6.62. The molecule has 0 amide bonds. The Bertz CT molecular complexity index is 892. The molecular weight excluding hydrogens is 432 g/mol. The third-order valence-corrected chi connectivity index (χ3v) is 4.97. The highest BCUT2D eigenvalue weighted by Crippen LogP contribution is 2.42. The topological polar surface area (TPSA) is 126 Å². The zero-order chi connectivity index (χ0) is 24.4. The van der Waals surface area contributed by atoms with Crippen LogP contribution in [0, 0.1) is 10.1 Å². The maximum absolute atomic E-state index is 13.1. The molecule has 2 rings (SSSR count). The van der Waals surface area contributed by atoms with Crippen molar-refractivity contribution in [3.63, 3.8) is 0 Å². The second kappa shape index (κ2) is 12.7. The number of hydrogen-bond donors (Lipinski definition) is 1. The number of nitrogens with one attached hydrogen (secondary N) is 1. The molecule has 10 heteroatoms. The number of para-hydroxylation sites is 1. The van der Waals surface area contributed by atoms with Crippen LogP contribution in [0.5, 0.6) is 0 Å². The number of ether oxygens (including phenoxy) is 4. The van der Waals surface area contributed by atoms with Gasteiger partial charge in [-0.1, -0.05) is 18.2 Å². The Balaban J connectivity index is 2.50. The Kier molecular flexibility index (Phi) is 10.0. The van der Waals surface area contributed by atoms with Gasteiger partial charge in [0.25, 0.3) is 5.69 Å². The van der Waals surface area contributed by atoms with Crippen molar-refractivity contribution in [2.24, 2.45) is 0 Å². The number of benzene rings is 1. The van der Waals surface area contributed by atoms with Crippen molar-refractivity contribution in [3.05, 3.63) is 62.5 Å². The predicted octanol–water partition coefficient (Wildman–Crippen LogP) is 2.99. The van der Waals surface area contributed by atoms with Crippen molar-refractivity contribution in [2.45, 2.75) is 33.6 Å². The molecule has 1 aliphatic heterocycles. The number of hydrogen-bond acceptors (Lipinski definition) is 9. The van der Waals surface area contributed by atoms with Crippen LogP contribution in [-0.2, 0) is 28.5 Å². The molecule has 180 valence electrons. The van der Waals surface area contributed by atoms with Crippen molar-refractivity contribution < 1.29 is 33.5 Å². The molecule has 0 fully saturated rings. The molecule has 0 saturated carbocycles. The van der Waals surface area contributed by atoms with Crippen LogP contribution in [-0.4, -0.2) is 56.5 Å². The lowest BCUT2D eigenvalue weighted by Crippen LogP contribution is -2.33. The van der Waals surface area contributed by atoms with Gasteiger partial charge in [-0.05, 0) is 27.7 Å². The van der Waals surface area contributed by atoms with Crippen LogP contribution in [0.15, 0.2) is 46.8 Å². The molecule has 1 aliphatic rings. The number of nitrogens with zero attached hydrogens (tertiary/aromatic N) is 1. The van der Waals surface area contributed by atoms with E-state index in [9.17, 15) is 19.7 Å². The first-order valence-electron chi connectivity index (χ1n) is 10.7. The Morgan fingerprint density at radius 2 is 1.39 bits per heavy atom. The lowest BCUT2D eigenvalue weighted by Gasteiger charge is -2.30. The van der Waals surface area contributed by atoms with Gasteiger partial charge < -0.3 is 24.3 Å². The summed E-state index contributed by atoms with van der Waals surface area (Å²) >= 11 is 0. The third-order valence-electron chi connectivity index (χ3n) is 4.97. The van der Waals surface area contributed by atoms with Crippen LogP contribution < -0.4 is 5.32 Å². The number of nitro groups is 1. The van der Waals surface area contributed by atoms with E-state index in [2.05, 4.69) is 5.32 Å². The first-order chi connectivity index (χ1) is 15.8. The van der Waals surface area contributed by atoms with Gasteiger partial charge in [0, 0.05) is 36.2 Å². The summed E-state index contributed by atoms with van der Waals surface area (Å²) in [5, 5.41) is 14.8. The average Bonchev–Trinajstić information content (AvgIpc) is 2.78. The Hall–Kier alpha value is -3.24. The summed E-state index contributed by atoms with van der Waals surface area (Å²) in [7, 11) is 0. The second-order valence-corrected chi connectivity index (χ2v) is 7.12. The van der Waals surface area contributed by atoms with Crippen molar-refractivity contribution in [1.29, 1.82) is 0 Å². The van der Waals surface area contributed by atoms with Crippen molar-refractivity contribution in [3.8, 4) is 0 Å². The number of nitro benzene ring substituents is 1. The van der Waals surface area contributed by atoms with E-state index in [4.69, 9.17) is 18.9 Å². The van der Waals surface area contributed by atoms with E-state index in [-0.39, 0.29) is 48.8 Å². The fourth-order valence-electron chi connectivity index (χ4n) is 3.57. The van der Waals surface area contributed by atoms with Gasteiger partial charge >= 0.3 is 11.9 Å². The van der Waals surface area contributed by atoms with Crippen LogP contribution in [0.1, 0.15) is 39.2 Å². The Morgan fingerprint density at radius 1 is 0.909 bits per heavy atom. The predicted molar refractivity (Wildman–Crippen MR) is 119 cm³/mol. The number of dihydropyridines is 1. The number of esters is 2. The maximum atomic E-state index is 13.1.